The molecule has 69 heavy (non-hydrogen) atoms. The first-order chi connectivity index (χ1) is 33.7. The molecule has 0 aliphatic heterocycles. The number of esters is 3. The molecule has 3 atom stereocenters. The van der Waals surface area contributed by atoms with Gasteiger partial charge in [-0.05, 0) is 37.0 Å². The van der Waals surface area contributed by atoms with Crippen LogP contribution >= 0.6 is 0 Å². The lowest BCUT2D eigenvalue weighted by Gasteiger charge is -2.18. The van der Waals surface area contributed by atoms with Crippen LogP contribution in [0.5, 0.6) is 0 Å². The highest BCUT2D eigenvalue weighted by Crippen LogP contribution is 2.20. The summed E-state index contributed by atoms with van der Waals surface area (Å²) in [5.41, 5.74) is 0. The van der Waals surface area contributed by atoms with E-state index in [4.69, 9.17) is 14.2 Å². The smallest absolute Gasteiger partial charge is 0.306 e. The molecule has 0 amide bonds. The molecule has 6 nitrogen and oxygen atoms in total. The first kappa shape index (κ1) is 67.4. The van der Waals surface area contributed by atoms with E-state index in [2.05, 4.69) is 41.5 Å². The molecule has 6 heteroatoms. The van der Waals surface area contributed by atoms with E-state index in [1.807, 2.05) is 0 Å². The number of ether oxygens (including phenoxy) is 3. The number of carbonyl (C=O) groups is 3. The van der Waals surface area contributed by atoms with Gasteiger partial charge in [0.25, 0.3) is 0 Å². The second-order valence-electron chi connectivity index (χ2n) is 22.7. The predicted octanol–water partition coefficient (Wildman–Crippen LogP) is 20.7. The number of hydrogen-bond donors (Lipinski definition) is 0. The van der Waals surface area contributed by atoms with E-state index < -0.39 is 6.10 Å². The average Bonchev–Trinajstić information content (AvgIpc) is 3.34. The number of carbonyl (C=O) groups excluding carboxylic acids is 3. The summed E-state index contributed by atoms with van der Waals surface area (Å²) < 4.78 is 16.9. The molecule has 0 heterocycles. The summed E-state index contributed by atoms with van der Waals surface area (Å²) in [5.74, 6) is 1.76. The Morgan fingerprint density at radius 3 is 0.754 bits per heavy atom. The number of rotatable bonds is 56. The van der Waals surface area contributed by atoms with Crippen molar-refractivity contribution in [1.29, 1.82) is 0 Å². The summed E-state index contributed by atoms with van der Waals surface area (Å²) in [4.78, 5) is 38.2. The molecule has 0 saturated carbocycles. The summed E-state index contributed by atoms with van der Waals surface area (Å²) in [6, 6.07) is 0. The largest absolute Gasteiger partial charge is 0.462 e. The molecule has 0 radical (unpaired) electrons. The molecule has 2 unspecified atom stereocenters. The van der Waals surface area contributed by atoms with Crippen LogP contribution in [0, 0.1) is 17.8 Å². The van der Waals surface area contributed by atoms with Crippen molar-refractivity contribution in [2.45, 2.75) is 356 Å². The van der Waals surface area contributed by atoms with Crippen LogP contribution in [0.1, 0.15) is 350 Å². The second kappa shape index (κ2) is 54.2. The fourth-order valence-corrected chi connectivity index (χ4v) is 9.64. The van der Waals surface area contributed by atoms with Crippen molar-refractivity contribution in [3.8, 4) is 0 Å². The number of hydrogen-bond acceptors (Lipinski definition) is 6. The predicted molar refractivity (Wildman–Crippen MR) is 298 cm³/mol. The quantitative estimate of drug-likeness (QED) is 0.0343. The third-order valence-electron chi connectivity index (χ3n) is 15.1. The summed E-state index contributed by atoms with van der Waals surface area (Å²) in [5, 5.41) is 0. The van der Waals surface area contributed by atoms with Crippen molar-refractivity contribution in [1.82, 2.24) is 0 Å². The van der Waals surface area contributed by atoms with Crippen LogP contribution in [0.3, 0.4) is 0 Å². The van der Waals surface area contributed by atoms with Crippen LogP contribution in [0.2, 0.25) is 0 Å². The van der Waals surface area contributed by atoms with Crippen molar-refractivity contribution in [2.24, 2.45) is 17.8 Å². The van der Waals surface area contributed by atoms with E-state index in [-0.39, 0.29) is 31.1 Å². The van der Waals surface area contributed by atoms with Gasteiger partial charge in [-0.1, -0.05) is 311 Å². The molecule has 0 aliphatic carbocycles. The molecule has 0 saturated heterocycles. The topological polar surface area (TPSA) is 78.9 Å². The molecule has 0 N–H and O–H groups in total. The van der Waals surface area contributed by atoms with Crippen molar-refractivity contribution < 1.29 is 28.6 Å². The average molecular weight is 976 g/mol. The Hall–Kier alpha value is -1.59. The van der Waals surface area contributed by atoms with Gasteiger partial charge in [-0.25, -0.2) is 0 Å². The molecule has 0 fully saturated rings. The van der Waals surface area contributed by atoms with E-state index >= 15 is 0 Å². The molecular formula is C63H122O6. The third-order valence-corrected chi connectivity index (χ3v) is 15.1. The summed E-state index contributed by atoms with van der Waals surface area (Å²) >= 11 is 0. The maximum absolute atomic E-state index is 12.8. The molecule has 0 aliphatic rings. The van der Waals surface area contributed by atoms with Gasteiger partial charge in [0.2, 0.25) is 0 Å². The maximum atomic E-state index is 12.8. The van der Waals surface area contributed by atoms with Gasteiger partial charge in [0.15, 0.2) is 6.10 Å². The zero-order valence-corrected chi connectivity index (χ0v) is 47.6. The van der Waals surface area contributed by atoms with Gasteiger partial charge in [-0.2, -0.15) is 0 Å². The minimum absolute atomic E-state index is 0.0636. The summed E-state index contributed by atoms with van der Waals surface area (Å²) in [6.07, 6.45) is 58.1. The van der Waals surface area contributed by atoms with Crippen LogP contribution < -0.4 is 0 Å². The Bertz CT molecular complexity index is 1070. The van der Waals surface area contributed by atoms with E-state index in [1.165, 1.54) is 231 Å². The van der Waals surface area contributed by atoms with E-state index in [0.717, 1.165) is 75.5 Å². The van der Waals surface area contributed by atoms with Gasteiger partial charge >= 0.3 is 17.9 Å². The molecule has 0 aromatic carbocycles. The van der Waals surface area contributed by atoms with Crippen LogP contribution in [0.15, 0.2) is 0 Å². The highest BCUT2D eigenvalue weighted by atomic mass is 16.6. The number of unbranched alkanes of at least 4 members (excludes halogenated alkanes) is 37. The molecule has 0 aromatic rings. The van der Waals surface area contributed by atoms with Crippen molar-refractivity contribution >= 4 is 17.9 Å². The molecule has 0 aromatic heterocycles. The van der Waals surface area contributed by atoms with E-state index in [9.17, 15) is 14.4 Å². The fraction of sp³-hybridized carbons (Fsp3) is 0.952. The SMILES string of the molecule is CCC(C)CCCCCCCCCCCCCCCCCCCCC(=O)OC[C@H](COC(=O)CCCCCCCCCCCCCCCCC(C)CC)OC(=O)CCCCCCCCCCC(C)C. The van der Waals surface area contributed by atoms with Crippen LogP contribution in [0.4, 0.5) is 0 Å². The van der Waals surface area contributed by atoms with Crippen molar-refractivity contribution in [3.05, 3.63) is 0 Å². The Morgan fingerprint density at radius 2 is 0.507 bits per heavy atom. The first-order valence-electron chi connectivity index (χ1n) is 31.2. The highest BCUT2D eigenvalue weighted by molar-refractivity contribution is 5.71. The minimum Gasteiger partial charge on any atom is -0.462 e. The molecule has 410 valence electrons. The molecule has 0 spiro atoms. The Kier molecular flexibility index (Phi) is 52.9. The van der Waals surface area contributed by atoms with Gasteiger partial charge in [-0.3, -0.25) is 14.4 Å². The van der Waals surface area contributed by atoms with E-state index in [0.29, 0.717) is 19.3 Å². The van der Waals surface area contributed by atoms with Gasteiger partial charge in [0, 0.05) is 19.3 Å². The lowest BCUT2D eigenvalue weighted by atomic mass is 9.99. The Labute approximate surface area is 431 Å². The Balaban J connectivity index is 4.20. The van der Waals surface area contributed by atoms with Gasteiger partial charge < -0.3 is 14.2 Å². The van der Waals surface area contributed by atoms with Gasteiger partial charge in [0.05, 0.1) is 0 Å². The highest BCUT2D eigenvalue weighted by Gasteiger charge is 2.19. The molecule has 0 rings (SSSR count). The monoisotopic (exact) mass is 975 g/mol. The van der Waals surface area contributed by atoms with Crippen LogP contribution in [-0.4, -0.2) is 37.2 Å². The molecule has 0 bridgehead atoms. The first-order valence-corrected chi connectivity index (χ1v) is 31.2. The van der Waals surface area contributed by atoms with Crippen LogP contribution in [0.25, 0.3) is 0 Å². The normalized spacial score (nSPS) is 12.9. The minimum atomic E-state index is -0.764. The zero-order valence-electron chi connectivity index (χ0n) is 47.6. The Morgan fingerprint density at radius 1 is 0.290 bits per heavy atom. The lowest BCUT2D eigenvalue weighted by Crippen LogP contribution is -2.30. The maximum Gasteiger partial charge on any atom is 0.306 e. The van der Waals surface area contributed by atoms with Crippen LogP contribution in [-0.2, 0) is 28.6 Å². The third kappa shape index (κ3) is 54.0. The molecular weight excluding hydrogens is 853 g/mol. The van der Waals surface area contributed by atoms with Crippen molar-refractivity contribution in [2.75, 3.05) is 13.2 Å². The van der Waals surface area contributed by atoms with E-state index in [1.54, 1.807) is 0 Å². The van der Waals surface area contributed by atoms with Gasteiger partial charge in [-0.15, -0.1) is 0 Å². The second-order valence-corrected chi connectivity index (χ2v) is 22.7. The summed E-state index contributed by atoms with van der Waals surface area (Å²) in [7, 11) is 0. The standard InChI is InChI=1S/C63H122O6/c1-7-58(5)50-44-38-32-25-21-17-13-11-9-10-12-14-19-23-27-34-40-46-52-61(64)67-55-60(69-63(66)54-48-42-36-30-29-31-37-43-49-57(3)4)56-68-62(65)53-47-41-35-28-24-20-16-15-18-22-26-33-39-45-51-59(6)8-2/h57-60H,7-56H2,1-6H3/t58?,59?,60-/m1/s1. The van der Waals surface area contributed by atoms with Gasteiger partial charge in [0.1, 0.15) is 13.2 Å². The fourth-order valence-electron chi connectivity index (χ4n) is 9.64. The van der Waals surface area contributed by atoms with Crippen molar-refractivity contribution in [3.63, 3.8) is 0 Å². The lowest BCUT2D eigenvalue weighted by molar-refractivity contribution is -0.167. The zero-order chi connectivity index (χ0) is 50.5. The summed E-state index contributed by atoms with van der Waals surface area (Å²) in [6.45, 7) is 13.8.